The maximum absolute atomic E-state index is 13.3. The lowest BCUT2D eigenvalue weighted by molar-refractivity contribution is -0.0688. The van der Waals surface area contributed by atoms with Gasteiger partial charge in [0.2, 0.25) is 0 Å². The Morgan fingerprint density at radius 3 is 2.00 bits per heavy atom. The topological polar surface area (TPSA) is 23.1 Å². The number of rotatable bonds is 3. The van der Waals surface area contributed by atoms with Gasteiger partial charge in [0, 0.05) is 11.2 Å². The molecule has 1 atom stereocenters. The van der Waals surface area contributed by atoms with Gasteiger partial charge in [-0.3, -0.25) is 0 Å². The molecular weight excluding hydrogens is 392 g/mol. The second-order valence-corrected chi connectivity index (χ2v) is 6.89. The van der Waals surface area contributed by atoms with E-state index in [1.807, 2.05) is 0 Å². The van der Waals surface area contributed by atoms with Crippen LogP contribution in [0, 0.1) is 0 Å². The van der Waals surface area contributed by atoms with Gasteiger partial charge in [-0.25, -0.2) is 0 Å². The van der Waals surface area contributed by atoms with Crippen LogP contribution in [0.3, 0.4) is 0 Å². The van der Waals surface area contributed by atoms with Crippen molar-refractivity contribution in [3.05, 3.63) is 68.5 Å². The lowest BCUT2D eigenvalue weighted by atomic mass is 10.1. The fraction of sp³-hybridized carbons (Fsp3) is 0.0667. The maximum Gasteiger partial charge on any atom is 0.421 e. The van der Waals surface area contributed by atoms with Crippen LogP contribution in [0.25, 0.3) is 5.57 Å². The van der Waals surface area contributed by atoms with Gasteiger partial charge in [0.25, 0.3) is 0 Å². The predicted molar refractivity (Wildman–Crippen MR) is 88.4 cm³/mol. The first-order valence-electron chi connectivity index (χ1n) is 6.09. The molecular formula is C15H8Cl3F3OS. The summed E-state index contributed by atoms with van der Waals surface area (Å²) in [5, 5.41) is 0.359. The zero-order valence-electron chi connectivity index (χ0n) is 11.2. The van der Waals surface area contributed by atoms with E-state index in [1.165, 1.54) is 12.1 Å². The van der Waals surface area contributed by atoms with Crippen LogP contribution >= 0.6 is 34.8 Å². The van der Waals surface area contributed by atoms with Crippen molar-refractivity contribution in [1.29, 1.82) is 0 Å². The Kier molecular flexibility index (Phi) is 5.92. The number of hydrogen-bond donors (Lipinski definition) is 0. The van der Waals surface area contributed by atoms with E-state index in [0.29, 0.717) is 5.41 Å². The second-order valence-electron chi connectivity index (χ2n) is 4.39. The molecule has 0 aliphatic carbocycles. The summed E-state index contributed by atoms with van der Waals surface area (Å²) in [5.74, 6) is 0. The first kappa shape index (κ1) is 18.5. The van der Waals surface area contributed by atoms with Crippen LogP contribution in [-0.2, 0) is 11.2 Å². The fourth-order valence-electron chi connectivity index (χ4n) is 1.74. The number of alkyl halides is 3. The third kappa shape index (κ3) is 4.58. The van der Waals surface area contributed by atoms with Crippen LogP contribution in [0.5, 0.6) is 0 Å². The molecule has 1 unspecified atom stereocenters. The zero-order valence-corrected chi connectivity index (χ0v) is 14.3. The number of hydrogen-bond acceptors (Lipinski definition) is 1. The SMILES string of the molecule is [O-][S+](/C=C(\c1cc(Cl)c(Cl)c(Cl)c1)C(F)(F)F)c1ccccc1. The number of allylic oxidation sites excluding steroid dienone is 1. The van der Waals surface area contributed by atoms with E-state index in [9.17, 15) is 17.7 Å². The molecule has 8 heteroatoms. The highest BCUT2D eigenvalue weighted by Gasteiger charge is 2.37. The summed E-state index contributed by atoms with van der Waals surface area (Å²) in [4.78, 5) is 0.250. The molecule has 0 saturated heterocycles. The number of benzene rings is 2. The number of halogens is 6. The maximum atomic E-state index is 13.3. The highest BCUT2D eigenvalue weighted by Crippen LogP contribution is 2.40. The van der Waals surface area contributed by atoms with Crippen molar-refractivity contribution in [2.24, 2.45) is 0 Å². The highest BCUT2D eigenvalue weighted by molar-refractivity contribution is 7.94. The lowest BCUT2D eigenvalue weighted by Gasteiger charge is -2.14. The Morgan fingerprint density at radius 2 is 1.52 bits per heavy atom. The van der Waals surface area contributed by atoms with Gasteiger partial charge in [0.05, 0.1) is 15.1 Å². The van der Waals surface area contributed by atoms with Gasteiger partial charge in [-0.2, -0.15) is 13.2 Å². The first-order chi connectivity index (χ1) is 10.7. The van der Waals surface area contributed by atoms with Crippen LogP contribution in [0.4, 0.5) is 13.2 Å². The lowest BCUT2D eigenvalue weighted by Crippen LogP contribution is -2.13. The summed E-state index contributed by atoms with van der Waals surface area (Å²) >= 11 is 15.3. The van der Waals surface area contributed by atoms with Crippen molar-refractivity contribution in [3.8, 4) is 0 Å². The predicted octanol–water partition coefficient (Wildman–Crippen LogP) is 6.36. The van der Waals surface area contributed by atoms with Crippen LogP contribution in [0.2, 0.25) is 15.1 Å². The molecule has 0 aliphatic rings. The molecule has 0 aliphatic heterocycles. The van der Waals surface area contributed by atoms with E-state index in [0.717, 1.165) is 12.1 Å². The molecule has 0 radical (unpaired) electrons. The summed E-state index contributed by atoms with van der Waals surface area (Å²) < 4.78 is 52.1. The van der Waals surface area contributed by atoms with Crippen LogP contribution in [-0.4, -0.2) is 10.7 Å². The summed E-state index contributed by atoms with van der Waals surface area (Å²) in [6.45, 7) is 0. The molecule has 122 valence electrons. The Balaban J connectivity index is 2.53. The van der Waals surface area contributed by atoms with Gasteiger partial charge in [0.15, 0.2) is 4.90 Å². The third-order valence-electron chi connectivity index (χ3n) is 2.80. The Hall–Kier alpha value is -0.850. The minimum atomic E-state index is -4.73. The van der Waals surface area contributed by atoms with E-state index in [1.54, 1.807) is 18.2 Å². The average molecular weight is 400 g/mol. The molecule has 0 spiro atoms. The fourth-order valence-corrected chi connectivity index (χ4v) is 3.38. The molecule has 0 heterocycles. The smallest absolute Gasteiger partial charge is 0.421 e. The van der Waals surface area contributed by atoms with Gasteiger partial charge >= 0.3 is 6.18 Å². The first-order valence-corrected chi connectivity index (χ1v) is 8.44. The van der Waals surface area contributed by atoms with Gasteiger partial charge < -0.3 is 4.55 Å². The molecule has 2 aromatic carbocycles. The Morgan fingerprint density at radius 1 is 1.00 bits per heavy atom. The van der Waals surface area contributed by atoms with E-state index >= 15 is 0 Å². The molecule has 0 saturated carbocycles. The quantitative estimate of drug-likeness (QED) is 0.435. The molecule has 2 aromatic rings. The minimum Gasteiger partial charge on any atom is -0.607 e. The van der Waals surface area contributed by atoms with Crippen molar-refractivity contribution in [2.75, 3.05) is 0 Å². The van der Waals surface area contributed by atoms with E-state index in [-0.39, 0.29) is 25.5 Å². The van der Waals surface area contributed by atoms with Gasteiger partial charge in [-0.1, -0.05) is 53.0 Å². The van der Waals surface area contributed by atoms with Crippen LogP contribution in [0.15, 0.2) is 52.8 Å². The van der Waals surface area contributed by atoms with E-state index in [4.69, 9.17) is 34.8 Å². The van der Waals surface area contributed by atoms with Crippen molar-refractivity contribution < 1.29 is 17.7 Å². The van der Waals surface area contributed by atoms with Crippen molar-refractivity contribution in [1.82, 2.24) is 0 Å². The second kappa shape index (κ2) is 7.36. The van der Waals surface area contributed by atoms with Crippen molar-refractivity contribution in [3.63, 3.8) is 0 Å². The largest absolute Gasteiger partial charge is 0.607 e. The van der Waals surface area contributed by atoms with Gasteiger partial charge in [-0.05, 0) is 29.8 Å². The summed E-state index contributed by atoms with van der Waals surface area (Å²) in [7, 11) is 0. The van der Waals surface area contributed by atoms with Gasteiger partial charge in [0.1, 0.15) is 11.0 Å². The summed E-state index contributed by atoms with van der Waals surface area (Å²) in [5.41, 5.74) is -1.40. The normalized spacial score (nSPS) is 14.0. The third-order valence-corrected chi connectivity index (χ3v) is 5.18. The van der Waals surface area contributed by atoms with E-state index < -0.39 is 22.9 Å². The monoisotopic (exact) mass is 398 g/mol. The summed E-state index contributed by atoms with van der Waals surface area (Å²) in [6, 6.07) is 9.88. The molecule has 0 bridgehead atoms. The molecule has 23 heavy (non-hydrogen) atoms. The minimum absolute atomic E-state index is 0.0391. The van der Waals surface area contributed by atoms with Crippen molar-refractivity contribution in [2.45, 2.75) is 11.1 Å². The zero-order chi connectivity index (χ0) is 17.2. The molecule has 2 rings (SSSR count). The van der Waals surface area contributed by atoms with Crippen molar-refractivity contribution >= 4 is 51.6 Å². The van der Waals surface area contributed by atoms with Crippen LogP contribution in [0.1, 0.15) is 5.56 Å². The molecule has 0 N–H and O–H groups in total. The van der Waals surface area contributed by atoms with Gasteiger partial charge in [-0.15, -0.1) is 0 Å². The molecule has 0 fully saturated rings. The van der Waals surface area contributed by atoms with Crippen LogP contribution < -0.4 is 0 Å². The molecule has 1 nitrogen and oxygen atoms in total. The average Bonchev–Trinajstić information content (AvgIpc) is 2.49. The standard InChI is InChI=1S/C15H8Cl3F3OS/c16-12-6-9(7-13(17)14(12)18)11(15(19,20)21)8-23(22)10-4-2-1-3-5-10/h1-8H/b11-8+. The molecule has 0 amide bonds. The van der Waals surface area contributed by atoms with E-state index in [2.05, 4.69) is 0 Å². The molecule has 0 aromatic heterocycles. The summed E-state index contributed by atoms with van der Waals surface area (Å²) in [6.07, 6.45) is -4.73. The highest BCUT2D eigenvalue weighted by atomic mass is 35.5. The Bertz CT molecular complexity index is 709. The Labute approximate surface area is 148 Å².